The van der Waals surface area contributed by atoms with E-state index in [9.17, 15) is 8.60 Å². The highest BCUT2D eigenvalue weighted by atomic mass is 32.2. The van der Waals surface area contributed by atoms with Crippen LogP contribution in [0, 0.1) is 0 Å². The highest BCUT2D eigenvalue weighted by Gasteiger charge is 2.03. The maximum Gasteiger partial charge on any atom is 0.200 e. The molecule has 3 nitrogen and oxygen atoms in total. The molecule has 2 unspecified atom stereocenters. The third-order valence-corrected chi connectivity index (χ3v) is 2.33. The quantitative estimate of drug-likeness (QED) is 0.784. The first-order chi connectivity index (χ1) is 6.09. The van der Waals surface area contributed by atoms with Crippen LogP contribution in [0.4, 0.5) is 4.39 Å². The molecule has 5 heteroatoms. The van der Waals surface area contributed by atoms with Crippen molar-refractivity contribution in [2.24, 2.45) is 0 Å². The smallest absolute Gasteiger partial charge is 0.200 e. The van der Waals surface area contributed by atoms with Gasteiger partial charge in [0, 0.05) is 18.9 Å². The van der Waals surface area contributed by atoms with Gasteiger partial charge in [0.1, 0.15) is 5.03 Å². The van der Waals surface area contributed by atoms with E-state index < -0.39 is 17.2 Å². The van der Waals surface area contributed by atoms with Crippen LogP contribution in [0.5, 0.6) is 0 Å². The van der Waals surface area contributed by atoms with Crippen LogP contribution in [0.1, 0.15) is 5.56 Å². The molecule has 1 rings (SSSR count). The van der Waals surface area contributed by atoms with Gasteiger partial charge in [-0.05, 0) is 11.6 Å². The summed E-state index contributed by atoms with van der Waals surface area (Å²) in [6, 6.07) is 3.17. The zero-order valence-electron chi connectivity index (χ0n) is 7.11. The Morgan fingerprint density at radius 1 is 1.69 bits per heavy atom. The van der Waals surface area contributed by atoms with Gasteiger partial charge >= 0.3 is 0 Å². The van der Waals surface area contributed by atoms with Crippen LogP contribution in [0.2, 0.25) is 0 Å². The lowest BCUT2D eigenvalue weighted by molar-refractivity contribution is 0.0429. The molecule has 0 aromatic carbocycles. The number of hydrogen-bond donors (Lipinski definition) is 1. The molecule has 0 saturated carbocycles. The van der Waals surface area contributed by atoms with Crippen molar-refractivity contribution < 1.29 is 13.7 Å². The SMILES string of the molecule is CS(=O)c1ccc(CC(O)F)cn1. The Morgan fingerprint density at radius 3 is 2.77 bits per heavy atom. The van der Waals surface area contributed by atoms with Gasteiger partial charge in [-0.15, -0.1) is 0 Å². The summed E-state index contributed by atoms with van der Waals surface area (Å²) in [5, 5.41) is 8.89. The Bertz CT molecular complexity index is 300. The Labute approximate surface area is 78.1 Å². The molecule has 0 saturated heterocycles. The van der Waals surface area contributed by atoms with E-state index in [4.69, 9.17) is 5.11 Å². The zero-order chi connectivity index (χ0) is 9.84. The molecular formula is C8H10FNO2S. The van der Waals surface area contributed by atoms with Gasteiger partial charge in [0.05, 0.1) is 10.8 Å². The summed E-state index contributed by atoms with van der Waals surface area (Å²) in [5.74, 6) is 0. The summed E-state index contributed by atoms with van der Waals surface area (Å²) in [5.41, 5.74) is 0.587. The maximum absolute atomic E-state index is 12.1. The van der Waals surface area contributed by atoms with E-state index in [1.807, 2.05) is 0 Å². The molecule has 0 fully saturated rings. The molecule has 72 valence electrons. The number of halogens is 1. The number of pyridine rings is 1. The van der Waals surface area contributed by atoms with Crippen LogP contribution in [-0.2, 0) is 17.2 Å². The van der Waals surface area contributed by atoms with Crippen LogP contribution in [0.3, 0.4) is 0 Å². The largest absolute Gasteiger partial charge is 0.364 e. The number of aliphatic hydroxyl groups is 1. The summed E-state index contributed by atoms with van der Waals surface area (Å²) >= 11 is 0. The van der Waals surface area contributed by atoms with Crippen LogP contribution in [0.25, 0.3) is 0 Å². The molecule has 0 aliphatic carbocycles. The fourth-order valence-electron chi connectivity index (χ4n) is 0.896. The van der Waals surface area contributed by atoms with Crippen molar-refractivity contribution in [3.8, 4) is 0 Å². The summed E-state index contributed by atoms with van der Waals surface area (Å²) in [6.07, 6.45) is 0.995. The molecule has 1 heterocycles. The molecule has 13 heavy (non-hydrogen) atoms. The molecule has 0 aliphatic heterocycles. The second-order valence-electron chi connectivity index (χ2n) is 2.60. The van der Waals surface area contributed by atoms with Gasteiger partial charge in [-0.25, -0.2) is 9.37 Å². The molecule has 0 aliphatic rings. The van der Waals surface area contributed by atoms with Gasteiger partial charge in [-0.3, -0.25) is 4.21 Å². The first kappa shape index (κ1) is 10.3. The minimum Gasteiger partial charge on any atom is -0.364 e. The second kappa shape index (κ2) is 4.43. The van der Waals surface area contributed by atoms with Crippen LogP contribution in [0.15, 0.2) is 23.4 Å². The highest BCUT2D eigenvalue weighted by molar-refractivity contribution is 7.84. The highest BCUT2D eigenvalue weighted by Crippen LogP contribution is 2.06. The summed E-state index contributed by atoms with van der Waals surface area (Å²) in [7, 11) is -1.12. The number of aromatic nitrogens is 1. The summed E-state index contributed by atoms with van der Waals surface area (Å²) in [4.78, 5) is 3.85. The fourth-order valence-corrected chi connectivity index (χ4v) is 1.36. The Kier molecular flexibility index (Phi) is 3.50. The first-order valence-electron chi connectivity index (χ1n) is 3.70. The van der Waals surface area contributed by atoms with E-state index in [-0.39, 0.29) is 6.42 Å². The van der Waals surface area contributed by atoms with E-state index in [2.05, 4.69) is 4.98 Å². The van der Waals surface area contributed by atoms with Crippen LogP contribution >= 0.6 is 0 Å². The lowest BCUT2D eigenvalue weighted by atomic mass is 10.2. The molecule has 0 spiro atoms. The minimum atomic E-state index is -1.86. The standard InChI is InChI=1S/C8H10FNO2S/c1-13(12)8-3-2-6(5-10-8)4-7(9)11/h2-3,5,7,11H,4H2,1H3. The maximum atomic E-state index is 12.1. The Morgan fingerprint density at radius 2 is 2.38 bits per heavy atom. The average Bonchev–Trinajstić information content (AvgIpc) is 2.04. The van der Waals surface area contributed by atoms with E-state index in [1.165, 1.54) is 12.5 Å². The molecule has 2 atom stereocenters. The summed E-state index contributed by atoms with van der Waals surface area (Å²) in [6.45, 7) is 0. The molecular weight excluding hydrogens is 193 g/mol. The Balaban J connectivity index is 2.75. The van der Waals surface area contributed by atoms with Crippen molar-refractivity contribution >= 4 is 10.8 Å². The minimum absolute atomic E-state index is 0.0797. The van der Waals surface area contributed by atoms with Gasteiger partial charge in [0.2, 0.25) is 0 Å². The number of alkyl halides is 1. The predicted molar refractivity (Wildman–Crippen MR) is 47.4 cm³/mol. The predicted octanol–water partition coefficient (Wildman–Crippen LogP) is 0.649. The van der Waals surface area contributed by atoms with Crippen LogP contribution in [-0.4, -0.2) is 26.9 Å². The Hall–Kier alpha value is -0.810. The van der Waals surface area contributed by atoms with E-state index >= 15 is 0 Å². The third kappa shape index (κ3) is 3.20. The van der Waals surface area contributed by atoms with E-state index in [1.54, 1.807) is 12.1 Å². The average molecular weight is 203 g/mol. The number of hydrogen-bond acceptors (Lipinski definition) is 3. The van der Waals surface area contributed by atoms with Crippen molar-refractivity contribution in [1.82, 2.24) is 4.98 Å². The molecule has 0 bridgehead atoms. The van der Waals surface area contributed by atoms with Crippen molar-refractivity contribution in [2.45, 2.75) is 17.8 Å². The third-order valence-electron chi connectivity index (χ3n) is 1.50. The molecule has 1 aromatic rings. The van der Waals surface area contributed by atoms with Crippen molar-refractivity contribution in [2.75, 3.05) is 6.26 Å². The molecule has 0 amide bonds. The lowest BCUT2D eigenvalue weighted by Crippen LogP contribution is -2.03. The zero-order valence-corrected chi connectivity index (χ0v) is 7.92. The summed E-state index contributed by atoms with van der Waals surface area (Å²) < 4.78 is 23.0. The monoisotopic (exact) mass is 203 g/mol. The van der Waals surface area contributed by atoms with Gasteiger partial charge in [0.25, 0.3) is 0 Å². The number of nitrogens with zero attached hydrogens (tertiary/aromatic N) is 1. The number of rotatable bonds is 3. The second-order valence-corrected chi connectivity index (χ2v) is 3.92. The van der Waals surface area contributed by atoms with Gasteiger partial charge < -0.3 is 5.11 Å². The normalized spacial score (nSPS) is 15.3. The van der Waals surface area contributed by atoms with E-state index in [0.29, 0.717) is 10.6 Å². The van der Waals surface area contributed by atoms with Gasteiger partial charge in [-0.2, -0.15) is 0 Å². The number of aliphatic hydroxyl groups excluding tert-OH is 1. The molecule has 1 N–H and O–H groups in total. The fraction of sp³-hybridized carbons (Fsp3) is 0.375. The van der Waals surface area contributed by atoms with Crippen LogP contribution < -0.4 is 0 Å². The molecule has 0 radical (unpaired) electrons. The molecule has 1 aromatic heterocycles. The van der Waals surface area contributed by atoms with Crippen molar-refractivity contribution in [1.29, 1.82) is 0 Å². The topological polar surface area (TPSA) is 50.2 Å². The van der Waals surface area contributed by atoms with Gasteiger partial charge in [0.15, 0.2) is 6.36 Å². The van der Waals surface area contributed by atoms with Gasteiger partial charge in [-0.1, -0.05) is 6.07 Å². The van der Waals surface area contributed by atoms with Crippen molar-refractivity contribution in [3.05, 3.63) is 23.9 Å². The first-order valence-corrected chi connectivity index (χ1v) is 5.26. The van der Waals surface area contributed by atoms with Crippen molar-refractivity contribution in [3.63, 3.8) is 0 Å². The lowest BCUT2D eigenvalue weighted by Gasteiger charge is -2.01. The van der Waals surface area contributed by atoms with E-state index in [0.717, 1.165) is 0 Å².